The van der Waals surface area contributed by atoms with Gasteiger partial charge >= 0.3 is 0 Å². The Morgan fingerprint density at radius 2 is 1.66 bits per heavy atom. The van der Waals surface area contributed by atoms with Crippen molar-refractivity contribution in [3.63, 3.8) is 0 Å². The molecule has 2 aliphatic rings. The van der Waals surface area contributed by atoms with Crippen LogP contribution in [0.4, 0.5) is 5.69 Å². The Kier molecular flexibility index (Phi) is 8.00. The third-order valence-corrected chi connectivity index (χ3v) is 8.23. The van der Waals surface area contributed by atoms with Crippen LogP contribution in [0.3, 0.4) is 0 Å². The van der Waals surface area contributed by atoms with Crippen LogP contribution in [0.25, 0.3) is 0 Å². The quantitative estimate of drug-likeness (QED) is 0.524. The minimum atomic E-state index is -3.64. The summed E-state index contributed by atoms with van der Waals surface area (Å²) in [5.74, 6) is -0.889. The van der Waals surface area contributed by atoms with Crippen molar-refractivity contribution in [3.8, 4) is 0 Å². The molecular weight excluding hydrogens is 450 g/mol. The molecule has 2 N–H and O–H groups in total. The second-order valence-electron chi connectivity index (χ2n) is 8.63. The average molecular weight is 482 g/mol. The Morgan fingerprint density at radius 1 is 1.09 bits per heavy atom. The minimum absolute atomic E-state index is 0.0945. The highest BCUT2D eigenvalue weighted by Gasteiger charge is 2.51. The van der Waals surface area contributed by atoms with Gasteiger partial charge in [-0.1, -0.05) is 12.8 Å². The normalized spacial score (nSPS) is 22.2. The molecule has 1 aromatic rings. The van der Waals surface area contributed by atoms with Gasteiger partial charge in [0.2, 0.25) is 27.7 Å². The molecule has 3 unspecified atom stereocenters. The molecule has 2 fully saturated rings. The summed E-state index contributed by atoms with van der Waals surface area (Å²) < 4.78 is 27.1. The van der Waals surface area contributed by atoms with Crippen molar-refractivity contribution < 1.29 is 22.8 Å². The van der Waals surface area contributed by atoms with Crippen molar-refractivity contribution in [2.75, 3.05) is 17.3 Å². The smallest absolute Gasteiger partial charge is 0.247 e. The first-order valence-corrected chi connectivity index (χ1v) is 13.8. The predicted octanol–water partition coefficient (Wildman–Crippen LogP) is 2.61. The number of carbonyl (C=O) groups excluding carboxylic acids is 3. The maximum Gasteiger partial charge on any atom is 0.247 e. The summed E-state index contributed by atoms with van der Waals surface area (Å²) in [5, 5.41) is 2.76. The Bertz CT molecular complexity index is 938. The molecule has 176 valence electrons. The van der Waals surface area contributed by atoms with Gasteiger partial charge in [-0.3, -0.25) is 19.3 Å². The van der Waals surface area contributed by atoms with Crippen molar-refractivity contribution in [1.82, 2.24) is 9.62 Å². The summed E-state index contributed by atoms with van der Waals surface area (Å²) >= 11 is 1.55. The van der Waals surface area contributed by atoms with Gasteiger partial charge in [0, 0.05) is 11.7 Å². The van der Waals surface area contributed by atoms with Crippen LogP contribution in [0.1, 0.15) is 46.0 Å². The number of nitrogens with one attached hydrogen (secondary N) is 2. The van der Waals surface area contributed by atoms with E-state index in [2.05, 4.69) is 10.0 Å². The van der Waals surface area contributed by atoms with E-state index in [1.807, 2.05) is 6.26 Å². The lowest BCUT2D eigenvalue weighted by Gasteiger charge is -2.26. The van der Waals surface area contributed by atoms with E-state index in [9.17, 15) is 22.8 Å². The average Bonchev–Trinajstić information content (AvgIpc) is 2.99. The Balaban J connectivity index is 1.77. The van der Waals surface area contributed by atoms with Crippen molar-refractivity contribution in [1.29, 1.82) is 0 Å². The van der Waals surface area contributed by atoms with Crippen LogP contribution in [-0.4, -0.2) is 55.1 Å². The Labute approximate surface area is 193 Å². The maximum absolute atomic E-state index is 13.1. The number of anilines is 1. The van der Waals surface area contributed by atoms with Gasteiger partial charge in [0.15, 0.2) is 0 Å². The zero-order valence-corrected chi connectivity index (χ0v) is 20.3. The fraction of sp³-hybridized carbons (Fsp3) is 0.591. The molecule has 1 saturated carbocycles. The molecule has 0 aromatic heterocycles. The molecule has 10 heteroatoms. The summed E-state index contributed by atoms with van der Waals surface area (Å²) in [4.78, 5) is 40.4. The summed E-state index contributed by atoms with van der Waals surface area (Å²) in [7, 11) is -3.64. The second kappa shape index (κ2) is 10.4. The van der Waals surface area contributed by atoms with Crippen LogP contribution < -0.4 is 10.0 Å². The van der Waals surface area contributed by atoms with Crippen molar-refractivity contribution in [2.45, 2.75) is 62.9 Å². The van der Waals surface area contributed by atoms with Gasteiger partial charge in [0.1, 0.15) is 6.04 Å². The molecule has 3 amide bonds. The topological polar surface area (TPSA) is 113 Å². The fourth-order valence-electron chi connectivity index (χ4n) is 4.42. The van der Waals surface area contributed by atoms with E-state index in [0.29, 0.717) is 30.7 Å². The SMILES string of the molecule is CSCCC(C(=O)Nc1ccc(S(=O)(=O)NC(C)C)cc1)N1C(=O)C2CCCCC2C1=O. The molecular formula is C22H31N3O5S2. The second-order valence-corrected chi connectivity index (χ2v) is 11.3. The number of sulfonamides is 1. The number of benzene rings is 1. The lowest BCUT2D eigenvalue weighted by atomic mass is 9.81. The third kappa shape index (κ3) is 5.35. The van der Waals surface area contributed by atoms with Crippen molar-refractivity contribution in [3.05, 3.63) is 24.3 Å². The van der Waals surface area contributed by atoms with E-state index in [-0.39, 0.29) is 34.6 Å². The van der Waals surface area contributed by atoms with Crippen LogP contribution in [0.2, 0.25) is 0 Å². The molecule has 1 aliphatic heterocycles. The van der Waals surface area contributed by atoms with E-state index in [4.69, 9.17) is 0 Å². The van der Waals surface area contributed by atoms with Gasteiger partial charge in [-0.15, -0.1) is 0 Å². The van der Waals surface area contributed by atoms with Gasteiger partial charge in [-0.2, -0.15) is 11.8 Å². The van der Waals surface area contributed by atoms with Gasteiger partial charge in [0.25, 0.3) is 0 Å². The number of imide groups is 1. The maximum atomic E-state index is 13.1. The predicted molar refractivity (Wildman–Crippen MR) is 125 cm³/mol. The first-order chi connectivity index (χ1) is 15.2. The number of nitrogens with zero attached hydrogens (tertiary/aromatic N) is 1. The molecule has 0 radical (unpaired) electrons. The molecule has 3 rings (SSSR count). The van der Waals surface area contributed by atoms with Crippen molar-refractivity contribution >= 4 is 45.2 Å². The monoisotopic (exact) mass is 481 g/mol. The van der Waals surface area contributed by atoms with Gasteiger partial charge in [-0.25, -0.2) is 13.1 Å². The Hall–Kier alpha value is -1.91. The number of rotatable bonds is 9. The summed E-state index contributed by atoms with van der Waals surface area (Å²) in [6.07, 6.45) is 5.53. The number of carbonyl (C=O) groups is 3. The van der Waals surface area contributed by atoms with Crippen molar-refractivity contribution in [2.24, 2.45) is 11.8 Å². The highest BCUT2D eigenvalue weighted by molar-refractivity contribution is 7.98. The van der Waals surface area contributed by atoms with E-state index < -0.39 is 22.0 Å². The standard InChI is InChI=1S/C22H31N3O5S2/c1-14(2)24-32(29,30)16-10-8-15(9-11-16)23-20(26)19(12-13-31-3)25-21(27)17-6-4-5-7-18(17)22(25)28/h8-11,14,17-19,24H,4-7,12-13H2,1-3H3,(H,23,26). The first kappa shape index (κ1) is 24.7. The third-order valence-electron chi connectivity index (χ3n) is 5.91. The number of fused-ring (bicyclic) bond motifs is 1. The molecule has 1 saturated heterocycles. The largest absolute Gasteiger partial charge is 0.324 e. The Morgan fingerprint density at radius 3 is 2.16 bits per heavy atom. The highest BCUT2D eigenvalue weighted by Crippen LogP contribution is 2.39. The zero-order chi connectivity index (χ0) is 23.5. The van der Waals surface area contributed by atoms with Crippen LogP contribution >= 0.6 is 11.8 Å². The number of hydrogen-bond donors (Lipinski definition) is 2. The lowest BCUT2D eigenvalue weighted by Crippen LogP contribution is -2.48. The van der Waals surface area contributed by atoms with E-state index in [0.717, 1.165) is 12.8 Å². The van der Waals surface area contributed by atoms with Gasteiger partial charge < -0.3 is 5.32 Å². The summed E-state index contributed by atoms with van der Waals surface area (Å²) in [6, 6.07) is 4.72. The van der Waals surface area contributed by atoms with Gasteiger partial charge in [-0.05, 0) is 69.4 Å². The number of thioether (sulfide) groups is 1. The highest BCUT2D eigenvalue weighted by atomic mass is 32.2. The minimum Gasteiger partial charge on any atom is -0.324 e. The molecule has 1 heterocycles. The van der Waals surface area contributed by atoms with Crippen LogP contribution in [-0.2, 0) is 24.4 Å². The molecule has 32 heavy (non-hydrogen) atoms. The van der Waals surface area contributed by atoms with Crippen LogP contribution in [0, 0.1) is 11.8 Å². The fourth-order valence-corrected chi connectivity index (χ4v) is 6.13. The molecule has 1 aromatic carbocycles. The van der Waals surface area contributed by atoms with E-state index in [1.54, 1.807) is 25.6 Å². The van der Waals surface area contributed by atoms with E-state index >= 15 is 0 Å². The molecule has 8 nitrogen and oxygen atoms in total. The number of likely N-dealkylation sites (tertiary alicyclic amines) is 1. The van der Waals surface area contributed by atoms with Crippen LogP contribution in [0.5, 0.6) is 0 Å². The number of hydrogen-bond acceptors (Lipinski definition) is 6. The molecule has 3 atom stereocenters. The van der Waals surface area contributed by atoms with Gasteiger partial charge in [0.05, 0.1) is 16.7 Å². The number of amides is 3. The van der Waals surface area contributed by atoms with E-state index in [1.165, 1.54) is 29.2 Å². The molecule has 0 spiro atoms. The molecule has 0 bridgehead atoms. The zero-order valence-electron chi connectivity index (χ0n) is 18.7. The molecule has 1 aliphatic carbocycles. The lowest BCUT2D eigenvalue weighted by molar-refractivity contribution is -0.146. The summed E-state index contributed by atoms with van der Waals surface area (Å²) in [6.45, 7) is 3.47. The first-order valence-electron chi connectivity index (χ1n) is 10.9. The van der Waals surface area contributed by atoms with Crippen LogP contribution in [0.15, 0.2) is 29.2 Å². The summed E-state index contributed by atoms with van der Waals surface area (Å²) in [5.41, 5.74) is 0.407.